The van der Waals surface area contributed by atoms with Crippen molar-refractivity contribution in [2.24, 2.45) is 0 Å². The minimum atomic E-state index is -3.31. The molecule has 0 atom stereocenters. The standard InChI is InChI=1S/C7H12N2O3S/c1-2-5-13(11,12)9-4-3-8-7(10)6-9/h2H,1,3-6H2,(H,8,10). The minimum absolute atomic E-state index is 0.0732. The zero-order valence-electron chi connectivity index (χ0n) is 7.19. The van der Waals surface area contributed by atoms with Gasteiger partial charge in [0.2, 0.25) is 15.9 Å². The first-order valence-corrected chi connectivity index (χ1v) is 5.52. The number of carbonyl (C=O) groups is 1. The average Bonchev–Trinajstić information content (AvgIpc) is 2.04. The summed E-state index contributed by atoms with van der Waals surface area (Å²) in [6.07, 6.45) is 1.32. The van der Waals surface area contributed by atoms with Gasteiger partial charge in [0.1, 0.15) is 0 Å². The predicted octanol–water partition coefficient (Wildman–Crippen LogP) is -1.07. The van der Waals surface area contributed by atoms with E-state index >= 15 is 0 Å². The van der Waals surface area contributed by atoms with Gasteiger partial charge in [-0.3, -0.25) is 4.79 Å². The smallest absolute Gasteiger partial charge is 0.235 e. The highest BCUT2D eigenvalue weighted by Crippen LogP contribution is 2.03. The second-order valence-electron chi connectivity index (χ2n) is 2.75. The summed E-state index contributed by atoms with van der Waals surface area (Å²) in [6.45, 7) is 4.01. The second kappa shape index (κ2) is 3.89. The van der Waals surface area contributed by atoms with Gasteiger partial charge in [-0.05, 0) is 0 Å². The Morgan fingerprint density at radius 2 is 2.31 bits per heavy atom. The van der Waals surface area contributed by atoms with Gasteiger partial charge < -0.3 is 5.32 Å². The topological polar surface area (TPSA) is 66.5 Å². The van der Waals surface area contributed by atoms with Crippen LogP contribution in [-0.4, -0.2) is 44.0 Å². The molecule has 0 aliphatic carbocycles. The molecular formula is C7H12N2O3S. The molecule has 0 spiro atoms. The number of hydrogen-bond donors (Lipinski definition) is 1. The molecule has 1 saturated heterocycles. The van der Waals surface area contributed by atoms with Gasteiger partial charge in [-0.15, -0.1) is 6.58 Å². The minimum Gasteiger partial charge on any atom is -0.354 e. The molecule has 0 unspecified atom stereocenters. The molecule has 1 N–H and O–H groups in total. The Hall–Kier alpha value is -0.880. The van der Waals surface area contributed by atoms with Crippen molar-refractivity contribution in [1.82, 2.24) is 9.62 Å². The van der Waals surface area contributed by atoms with E-state index < -0.39 is 10.0 Å². The normalized spacial score (nSPS) is 19.5. The van der Waals surface area contributed by atoms with Crippen molar-refractivity contribution in [1.29, 1.82) is 0 Å². The van der Waals surface area contributed by atoms with E-state index in [4.69, 9.17) is 0 Å². The zero-order valence-corrected chi connectivity index (χ0v) is 8.01. The lowest BCUT2D eigenvalue weighted by Gasteiger charge is -2.25. The highest BCUT2D eigenvalue weighted by molar-refractivity contribution is 7.89. The third kappa shape index (κ3) is 2.53. The number of hydrogen-bond acceptors (Lipinski definition) is 3. The van der Waals surface area contributed by atoms with Crippen LogP contribution in [0.4, 0.5) is 0 Å². The van der Waals surface area contributed by atoms with E-state index in [0.29, 0.717) is 13.1 Å². The van der Waals surface area contributed by atoms with E-state index in [-0.39, 0.29) is 18.2 Å². The molecule has 13 heavy (non-hydrogen) atoms. The van der Waals surface area contributed by atoms with Crippen molar-refractivity contribution in [3.63, 3.8) is 0 Å². The molecule has 5 nitrogen and oxygen atoms in total. The Morgan fingerprint density at radius 3 is 2.85 bits per heavy atom. The van der Waals surface area contributed by atoms with Gasteiger partial charge in [0, 0.05) is 13.1 Å². The highest BCUT2D eigenvalue weighted by Gasteiger charge is 2.25. The number of amides is 1. The average molecular weight is 204 g/mol. The Kier molecular flexibility index (Phi) is 3.05. The van der Waals surface area contributed by atoms with Crippen molar-refractivity contribution < 1.29 is 13.2 Å². The summed E-state index contributed by atoms with van der Waals surface area (Å²) in [6, 6.07) is 0. The number of nitrogens with zero attached hydrogens (tertiary/aromatic N) is 1. The molecule has 6 heteroatoms. The van der Waals surface area contributed by atoms with Crippen LogP contribution in [-0.2, 0) is 14.8 Å². The lowest BCUT2D eigenvalue weighted by molar-refractivity contribution is -0.122. The van der Waals surface area contributed by atoms with E-state index in [0.717, 1.165) is 0 Å². The summed E-state index contributed by atoms with van der Waals surface area (Å²) in [7, 11) is -3.31. The van der Waals surface area contributed by atoms with Gasteiger partial charge in [0.05, 0.1) is 12.3 Å². The van der Waals surface area contributed by atoms with Crippen molar-refractivity contribution >= 4 is 15.9 Å². The molecule has 0 saturated carbocycles. The molecule has 0 aromatic carbocycles. The fraction of sp³-hybridized carbons (Fsp3) is 0.571. The molecule has 0 radical (unpaired) electrons. The highest BCUT2D eigenvalue weighted by atomic mass is 32.2. The summed E-state index contributed by atoms with van der Waals surface area (Å²) in [5.41, 5.74) is 0. The monoisotopic (exact) mass is 204 g/mol. The second-order valence-corrected chi connectivity index (χ2v) is 4.76. The van der Waals surface area contributed by atoms with Crippen LogP contribution < -0.4 is 5.32 Å². The molecule has 74 valence electrons. The van der Waals surface area contributed by atoms with Crippen molar-refractivity contribution in [2.45, 2.75) is 0 Å². The van der Waals surface area contributed by atoms with Gasteiger partial charge in [-0.2, -0.15) is 4.31 Å². The van der Waals surface area contributed by atoms with Crippen LogP contribution in [0.25, 0.3) is 0 Å². The van der Waals surface area contributed by atoms with E-state index in [9.17, 15) is 13.2 Å². The van der Waals surface area contributed by atoms with Gasteiger partial charge in [-0.1, -0.05) is 6.08 Å². The van der Waals surface area contributed by atoms with Crippen LogP contribution in [0.5, 0.6) is 0 Å². The van der Waals surface area contributed by atoms with Crippen LogP contribution in [0.1, 0.15) is 0 Å². The summed E-state index contributed by atoms with van der Waals surface area (Å²) in [4.78, 5) is 10.9. The third-order valence-electron chi connectivity index (χ3n) is 1.73. The number of rotatable bonds is 3. The fourth-order valence-electron chi connectivity index (χ4n) is 1.11. The lowest BCUT2D eigenvalue weighted by atomic mass is 10.4. The molecule has 1 amide bonds. The molecule has 1 aliphatic rings. The summed E-state index contributed by atoms with van der Waals surface area (Å²) in [5.74, 6) is -0.362. The molecule has 1 aliphatic heterocycles. The van der Waals surface area contributed by atoms with E-state index in [1.54, 1.807) is 0 Å². The van der Waals surface area contributed by atoms with Crippen LogP contribution in [0.2, 0.25) is 0 Å². The number of piperazine rings is 1. The Morgan fingerprint density at radius 1 is 1.62 bits per heavy atom. The number of sulfonamides is 1. The van der Waals surface area contributed by atoms with Gasteiger partial charge in [0.25, 0.3) is 0 Å². The van der Waals surface area contributed by atoms with Gasteiger partial charge in [-0.25, -0.2) is 8.42 Å². The maximum absolute atomic E-state index is 11.4. The molecule has 1 heterocycles. The zero-order chi connectivity index (χ0) is 9.90. The molecular weight excluding hydrogens is 192 g/mol. The summed E-state index contributed by atoms with van der Waals surface area (Å²) in [5, 5.41) is 2.56. The Bertz CT molecular complexity index is 310. The van der Waals surface area contributed by atoms with Crippen molar-refractivity contribution in [3.8, 4) is 0 Å². The first-order chi connectivity index (χ1) is 6.06. The van der Waals surface area contributed by atoms with Crippen LogP contribution in [0, 0.1) is 0 Å². The first-order valence-electron chi connectivity index (χ1n) is 3.91. The largest absolute Gasteiger partial charge is 0.354 e. The predicted molar refractivity (Wildman–Crippen MR) is 48.6 cm³/mol. The lowest BCUT2D eigenvalue weighted by Crippen LogP contribution is -2.50. The van der Waals surface area contributed by atoms with Crippen LogP contribution in [0.3, 0.4) is 0 Å². The van der Waals surface area contributed by atoms with E-state index in [2.05, 4.69) is 11.9 Å². The van der Waals surface area contributed by atoms with Crippen molar-refractivity contribution in [3.05, 3.63) is 12.7 Å². The fourth-order valence-corrected chi connectivity index (χ4v) is 2.30. The first kappa shape index (κ1) is 10.2. The molecule has 1 fully saturated rings. The SMILES string of the molecule is C=CCS(=O)(=O)N1CCNC(=O)C1. The summed E-state index contributed by atoms with van der Waals surface area (Å²) < 4.78 is 24.0. The molecule has 0 aromatic heterocycles. The van der Waals surface area contributed by atoms with E-state index in [1.807, 2.05) is 0 Å². The third-order valence-corrected chi connectivity index (χ3v) is 3.48. The Labute approximate surface area is 77.5 Å². The van der Waals surface area contributed by atoms with Crippen LogP contribution >= 0.6 is 0 Å². The maximum Gasteiger partial charge on any atom is 0.235 e. The quantitative estimate of drug-likeness (QED) is 0.595. The summed E-state index contributed by atoms with van der Waals surface area (Å²) >= 11 is 0. The maximum atomic E-state index is 11.4. The van der Waals surface area contributed by atoms with Crippen LogP contribution in [0.15, 0.2) is 12.7 Å². The number of carbonyl (C=O) groups excluding carboxylic acids is 1. The van der Waals surface area contributed by atoms with Gasteiger partial charge >= 0.3 is 0 Å². The van der Waals surface area contributed by atoms with E-state index in [1.165, 1.54) is 10.4 Å². The molecule has 0 bridgehead atoms. The molecule has 1 rings (SSSR count). The molecule has 0 aromatic rings. The van der Waals surface area contributed by atoms with Crippen molar-refractivity contribution in [2.75, 3.05) is 25.4 Å². The Balaban J connectivity index is 2.70. The van der Waals surface area contributed by atoms with Gasteiger partial charge in [0.15, 0.2) is 0 Å². The number of nitrogens with one attached hydrogen (secondary N) is 1.